The van der Waals surface area contributed by atoms with Gasteiger partial charge in [0.15, 0.2) is 11.5 Å². The molecule has 0 unspecified atom stereocenters. The van der Waals surface area contributed by atoms with Crippen LogP contribution in [0.2, 0.25) is 0 Å². The molecule has 1 N–H and O–H groups in total. The quantitative estimate of drug-likeness (QED) is 0.347. The lowest BCUT2D eigenvalue weighted by molar-refractivity contribution is 0.0141. The van der Waals surface area contributed by atoms with E-state index in [1.165, 1.54) is 0 Å². The van der Waals surface area contributed by atoms with Gasteiger partial charge in [-0.25, -0.2) is 9.48 Å². The van der Waals surface area contributed by atoms with Gasteiger partial charge in [0.1, 0.15) is 11.3 Å². The first-order chi connectivity index (χ1) is 21.6. The lowest BCUT2D eigenvalue weighted by atomic mass is 10.1. The topological polar surface area (TPSA) is 98.2 Å². The number of nitrogens with one attached hydrogen (secondary N) is 1. The third kappa shape index (κ3) is 7.39. The minimum atomic E-state index is -0.559. The molecule has 2 aliphatic rings. The molecular formula is C35H41N5O5. The van der Waals surface area contributed by atoms with Gasteiger partial charge in [-0.2, -0.15) is 5.10 Å². The number of carbonyl (C=O) groups is 2. The van der Waals surface area contributed by atoms with E-state index in [2.05, 4.69) is 18.0 Å². The fraction of sp³-hybridized carbons (Fsp3) is 0.343. The van der Waals surface area contributed by atoms with Gasteiger partial charge in [0, 0.05) is 48.7 Å². The van der Waals surface area contributed by atoms with E-state index >= 15 is 0 Å². The van der Waals surface area contributed by atoms with Crippen LogP contribution in [0.4, 0.5) is 10.5 Å². The smallest absolute Gasteiger partial charge is 0.410 e. The van der Waals surface area contributed by atoms with Crippen LogP contribution < -0.4 is 14.8 Å². The van der Waals surface area contributed by atoms with Crippen molar-refractivity contribution in [1.29, 1.82) is 0 Å². The van der Waals surface area contributed by atoms with Gasteiger partial charge >= 0.3 is 6.09 Å². The van der Waals surface area contributed by atoms with Crippen molar-refractivity contribution >= 4 is 29.1 Å². The second-order valence-corrected chi connectivity index (χ2v) is 12.0. The first-order valence-corrected chi connectivity index (χ1v) is 15.1. The number of allylic oxidation sites excluding steroid dienone is 3. The van der Waals surface area contributed by atoms with Crippen LogP contribution in [0.15, 0.2) is 73.3 Å². The Bertz CT molecular complexity index is 1640. The number of aromatic nitrogens is 2. The van der Waals surface area contributed by atoms with Gasteiger partial charge in [-0.05, 0) is 82.2 Å². The molecule has 236 valence electrons. The third-order valence-corrected chi connectivity index (χ3v) is 7.58. The van der Waals surface area contributed by atoms with Crippen LogP contribution in [0.1, 0.15) is 54.5 Å². The molecule has 0 saturated carbocycles. The second-order valence-electron chi connectivity index (χ2n) is 12.0. The van der Waals surface area contributed by atoms with Crippen LogP contribution >= 0.6 is 0 Å². The number of benzene rings is 2. The molecule has 0 atom stereocenters. The highest BCUT2D eigenvalue weighted by atomic mass is 16.6. The maximum Gasteiger partial charge on any atom is 0.410 e. The first-order valence-electron chi connectivity index (χ1n) is 15.1. The van der Waals surface area contributed by atoms with Crippen molar-refractivity contribution in [3.8, 4) is 11.5 Å². The molecular weight excluding hydrogens is 570 g/mol. The Morgan fingerprint density at radius 1 is 0.933 bits per heavy atom. The number of anilines is 1. The van der Waals surface area contributed by atoms with Crippen molar-refractivity contribution in [3.63, 3.8) is 0 Å². The highest BCUT2D eigenvalue weighted by Crippen LogP contribution is 2.32. The Balaban J connectivity index is 1.29. The molecule has 2 amide bonds. The molecule has 1 aromatic heterocycles. The molecule has 1 fully saturated rings. The zero-order valence-corrected chi connectivity index (χ0v) is 26.6. The summed E-state index contributed by atoms with van der Waals surface area (Å²) in [5.41, 5.74) is 4.94. The average molecular weight is 612 g/mol. The number of fused-ring (bicyclic) bond motifs is 1. The molecule has 0 bridgehead atoms. The summed E-state index contributed by atoms with van der Waals surface area (Å²) in [7, 11) is 3.24. The highest BCUT2D eigenvalue weighted by Gasteiger charge is 2.28. The molecule has 10 nitrogen and oxygen atoms in total. The number of piperazine rings is 1. The summed E-state index contributed by atoms with van der Waals surface area (Å²) in [6, 6.07) is 15.2. The average Bonchev–Trinajstić information content (AvgIpc) is 3.43. The van der Waals surface area contributed by atoms with E-state index in [1.54, 1.807) is 30.1 Å². The number of methoxy groups -OCH3 is 2. The predicted molar refractivity (Wildman–Crippen MR) is 175 cm³/mol. The number of amides is 2. The lowest BCUT2D eigenvalue weighted by Crippen LogP contribution is -2.51. The number of rotatable bonds is 7. The fourth-order valence-electron chi connectivity index (χ4n) is 5.29. The number of hydrogen-bond donors (Lipinski definition) is 1. The Hall–Kier alpha value is -4.99. The summed E-state index contributed by atoms with van der Waals surface area (Å²) in [6.07, 6.45) is 7.57. The number of ether oxygens (including phenoxy) is 3. The molecule has 45 heavy (non-hydrogen) atoms. The van der Waals surface area contributed by atoms with Gasteiger partial charge < -0.3 is 29.3 Å². The summed E-state index contributed by atoms with van der Waals surface area (Å²) in [5, 5.41) is 8.29. The van der Waals surface area contributed by atoms with Gasteiger partial charge in [-0.15, -0.1) is 0 Å². The van der Waals surface area contributed by atoms with Gasteiger partial charge in [0.25, 0.3) is 5.91 Å². The molecule has 10 heteroatoms. The minimum Gasteiger partial charge on any atom is -0.493 e. The van der Waals surface area contributed by atoms with Gasteiger partial charge in [0.2, 0.25) is 0 Å². The van der Waals surface area contributed by atoms with E-state index in [9.17, 15) is 9.59 Å². The molecule has 3 aromatic rings. The second kappa shape index (κ2) is 13.3. The van der Waals surface area contributed by atoms with Crippen LogP contribution in [0.5, 0.6) is 11.5 Å². The van der Waals surface area contributed by atoms with Crippen molar-refractivity contribution in [1.82, 2.24) is 19.6 Å². The Labute approximate surface area is 264 Å². The fourth-order valence-corrected chi connectivity index (χ4v) is 5.29. The van der Waals surface area contributed by atoms with E-state index in [0.717, 1.165) is 35.5 Å². The van der Waals surface area contributed by atoms with E-state index in [0.29, 0.717) is 54.6 Å². The van der Waals surface area contributed by atoms with E-state index < -0.39 is 5.60 Å². The normalized spacial score (nSPS) is 16.8. The first kappa shape index (κ1) is 31.4. The van der Waals surface area contributed by atoms with Gasteiger partial charge in [-0.1, -0.05) is 24.8 Å². The van der Waals surface area contributed by atoms with Crippen molar-refractivity contribution < 1.29 is 23.8 Å². The van der Waals surface area contributed by atoms with E-state index in [1.807, 2.05) is 80.1 Å². The van der Waals surface area contributed by atoms with E-state index in [4.69, 9.17) is 19.3 Å². The number of nitrogens with zero attached hydrogens (tertiary/aromatic N) is 4. The molecule has 3 heterocycles. The summed E-state index contributed by atoms with van der Waals surface area (Å²) in [4.78, 5) is 29.2. The minimum absolute atomic E-state index is 0.0877. The molecule has 1 saturated heterocycles. The molecule has 5 rings (SSSR count). The Morgan fingerprint density at radius 2 is 1.67 bits per heavy atom. The number of aryl methyl sites for hydroxylation is 1. The SMILES string of the molecule is C=C(Nc1cccc(C(=O)N2CCN(C(=O)OC(C)(C)C)CC2)c1)c1cc2n(n1)/C(c1ccc(OC)c(OC)c1)=C\C=C/CC2. The highest BCUT2D eigenvalue weighted by molar-refractivity contribution is 5.95. The zero-order valence-electron chi connectivity index (χ0n) is 26.6. The van der Waals surface area contributed by atoms with Gasteiger partial charge in [0.05, 0.1) is 25.6 Å². The number of carbonyl (C=O) groups excluding carboxylic acids is 2. The summed E-state index contributed by atoms with van der Waals surface area (Å²) in [5.74, 6) is 1.21. The van der Waals surface area contributed by atoms with Crippen molar-refractivity contribution in [2.24, 2.45) is 0 Å². The van der Waals surface area contributed by atoms with Crippen LogP contribution in [0, 0.1) is 0 Å². The summed E-state index contributed by atoms with van der Waals surface area (Å²) < 4.78 is 18.4. The van der Waals surface area contributed by atoms with E-state index in [-0.39, 0.29) is 12.0 Å². The maximum atomic E-state index is 13.4. The monoisotopic (exact) mass is 611 g/mol. The van der Waals surface area contributed by atoms with Crippen molar-refractivity contribution in [2.45, 2.75) is 39.2 Å². The molecule has 0 radical (unpaired) electrons. The zero-order chi connectivity index (χ0) is 32.1. The number of hydrogen-bond acceptors (Lipinski definition) is 7. The summed E-state index contributed by atoms with van der Waals surface area (Å²) in [6.45, 7) is 11.5. The maximum absolute atomic E-state index is 13.4. The van der Waals surface area contributed by atoms with Crippen LogP contribution in [-0.2, 0) is 11.2 Å². The molecule has 0 aliphatic carbocycles. The largest absolute Gasteiger partial charge is 0.493 e. The predicted octanol–water partition coefficient (Wildman–Crippen LogP) is 6.07. The standard InChI is InChI=1S/C35H41N5O5/c1-24(29-23-28-13-8-7-9-14-30(40(28)37-29)25-15-16-31(43-5)32(22-25)44-6)36-27-12-10-11-26(21-27)33(41)38-17-19-39(20-18-38)34(42)45-35(2,3)4/h7,9-12,14-16,21-23,36H,1,8,13,17-20H2,2-6H3/b9-7-,30-14-. The molecule has 2 aromatic carbocycles. The van der Waals surface area contributed by atoms with Gasteiger partial charge in [-0.3, -0.25) is 4.79 Å². The summed E-state index contributed by atoms with van der Waals surface area (Å²) >= 11 is 0. The Morgan fingerprint density at radius 3 is 2.38 bits per heavy atom. The van der Waals surface area contributed by atoms with Crippen LogP contribution in [-0.4, -0.2) is 77.6 Å². The van der Waals surface area contributed by atoms with Crippen molar-refractivity contribution in [2.75, 3.05) is 45.7 Å². The third-order valence-electron chi connectivity index (χ3n) is 7.58. The Kier molecular flexibility index (Phi) is 9.32. The molecule has 2 aliphatic heterocycles. The molecule has 0 spiro atoms. The lowest BCUT2D eigenvalue weighted by Gasteiger charge is -2.35. The van der Waals surface area contributed by atoms with Crippen LogP contribution in [0.3, 0.4) is 0 Å². The van der Waals surface area contributed by atoms with Crippen LogP contribution in [0.25, 0.3) is 11.4 Å². The van der Waals surface area contributed by atoms with Crippen molar-refractivity contribution in [3.05, 3.63) is 95.9 Å².